The van der Waals surface area contributed by atoms with Crippen molar-refractivity contribution < 1.29 is 14.0 Å². The average Bonchev–Trinajstić information content (AvgIpc) is 3.24. The number of amides is 2. The molecule has 1 aliphatic heterocycles. The molecule has 1 atom stereocenters. The Morgan fingerprint density at radius 3 is 2.61 bits per heavy atom. The molecule has 0 saturated heterocycles. The summed E-state index contributed by atoms with van der Waals surface area (Å²) in [4.78, 5) is 27.7. The van der Waals surface area contributed by atoms with Gasteiger partial charge in [0.15, 0.2) is 5.76 Å². The number of fused-ring (bicyclic) bond motifs is 1. The van der Waals surface area contributed by atoms with Crippen LogP contribution < -0.4 is 5.32 Å². The fraction of sp³-hybridized carbons (Fsp3) is 0.182. The third kappa shape index (κ3) is 3.60. The highest BCUT2D eigenvalue weighted by molar-refractivity contribution is 9.10. The number of hydrogen-bond acceptors (Lipinski definition) is 3. The van der Waals surface area contributed by atoms with Crippen molar-refractivity contribution in [1.29, 1.82) is 0 Å². The largest absolute Gasteiger partial charge is 0.459 e. The van der Waals surface area contributed by atoms with Crippen molar-refractivity contribution in [3.05, 3.63) is 87.8 Å². The van der Waals surface area contributed by atoms with Crippen LogP contribution >= 0.6 is 15.9 Å². The molecular formula is C22H19BrN2O3. The number of aryl methyl sites for hydroxylation is 1. The minimum Gasteiger partial charge on any atom is -0.459 e. The smallest absolute Gasteiger partial charge is 0.290 e. The molecule has 0 aliphatic carbocycles. The zero-order valence-electron chi connectivity index (χ0n) is 15.3. The normalized spacial score (nSPS) is 15.8. The summed E-state index contributed by atoms with van der Waals surface area (Å²) in [6.45, 7) is 2.33. The summed E-state index contributed by atoms with van der Waals surface area (Å²) < 4.78 is 6.26. The molecule has 28 heavy (non-hydrogen) atoms. The summed E-state index contributed by atoms with van der Waals surface area (Å²) in [5.41, 5.74) is 3.86. The van der Waals surface area contributed by atoms with Gasteiger partial charge in [0.2, 0.25) is 5.91 Å². The van der Waals surface area contributed by atoms with Crippen LogP contribution in [0.5, 0.6) is 0 Å². The number of halogens is 1. The van der Waals surface area contributed by atoms with E-state index in [0.29, 0.717) is 18.7 Å². The number of furan rings is 1. The summed E-state index contributed by atoms with van der Waals surface area (Å²) in [5, 5.41) is 2.96. The number of nitrogens with one attached hydrogen (secondary N) is 1. The van der Waals surface area contributed by atoms with Gasteiger partial charge in [0.25, 0.3) is 5.91 Å². The first-order valence-corrected chi connectivity index (χ1v) is 9.80. The Bertz CT molecular complexity index is 1030. The number of nitrogens with zero attached hydrogens (tertiary/aromatic N) is 1. The third-order valence-corrected chi connectivity index (χ3v) is 5.86. The molecule has 2 aromatic carbocycles. The summed E-state index contributed by atoms with van der Waals surface area (Å²) in [6, 6.07) is 16.2. The minimum absolute atomic E-state index is 0.212. The lowest BCUT2D eigenvalue weighted by molar-refractivity contribution is -0.121. The van der Waals surface area contributed by atoms with E-state index < -0.39 is 6.04 Å². The zero-order valence-corrected chi connectivity index (χ0v) is 16.9. The lowest BCUT2D eigenvalue weighted by Crippen LogP contribution is -2.50. The second-order valence-corrected chi connectivity index (χ2v) is 7.71. The number of carbonyl (C=O) groups excluding carboxylic acids is 2. The average molecular weight is 439 g/mol. The molecule has 0 spiro atoms. The van der Waals surface area contributed by atoms with Crippen molar-refractivity contribution >= 4 is 33.4 Å². The lowest BCUT2D eigenvalue weighted by atomic mass is 9.93. The molecule has 5 nitrogen and oxygen atoms in total. The van der Waals surface area contributed by atoms with Gasteiger partial charge < -0.3 is 14.6 Å². The molecule has 1 unspecified atom stereocenters. The second-order valence-electron chi connectivity index (χ2n) is 6.85. The quantitative estimate of drug-likeness (QED) is 0.651. The van der Waals surface area contributed by atoms with Crippen molar-refractivity contribution in [1.82, 2.24) is 4.90 Å². The Labute approximate surface area is 171 Å². The van der Waals surface area contributed by atoms with E-state index in [9.17, 15) is 9.59 Å². The van der Waals surface area contributed by atoms with E-state index in [4.69, 9.17) is 4.42 Å². The SMILES string of the molecule is Cc1cc(NC(=O)C2Cc3ccccc3CN2C(=O)c2ccco2)ccc1Br. The molecule has 6 heteroatoms. The van der Waals surface area contributed by atoms with Gasteiger partial charge in [-0.2, -0.15) is 0 Å². The van der Waals surface area contributed by atoms with Crippen LogP contribution in [0.25, 0.3) is 0 Å². The van der Waals surface area contributed by atoms with Gasteiger partial charge in [0, 0.05) is 23.1 Å². The van der Waals surface area contributed by atoms with Crippen LogP contribution in [0.2, 0.25) is 0 Å². The standard InChI is InChI=1S/C22H19BrN2O3/c1-14-11-17(8-9-18(14)23)24-21(26)19-12-15-5-2-3-6-16(15)13-25(19)22(27)20-7-4-10-28-20/h2-11,19H,12-13H2,1H3,(H,24,26). The Morgan fingerprint density at radius 1 is 1.11 bits per heavy atom. The van der Waals surface area contributed by atoms with Gasteiger partial charge in [-0.05, 0) is 53.9 Å². The maximum Gasteiger partial charge on any atom is 0.290 e. The van der Waals surface area contributed by atoms with Gasteiger partial charge in [-0.15, -0.1) is 0 Å². The highest BCUT2D eigenvalue weighted by Gasteiger charge is 2.36. The van der Waals surface area contributed by atoms with Crippen LogP contribution in [0.4, 0.5) is 5.69 Å². The summed E-state index contributed by atoms with van der Waals surface area (Å²) >= 11 is 3.46. The highest BCUT2D eigenvalue weighted by atomic mass is 79.9. The molecule has 0 saturated carbocycles. The second kappa shape index (κ2) is 7.64. The van der Waals surface area contributed by atoms with Gasteiger partial charge in [0.1, 0.15) is 6.04 Å². The van der Waals surface area contributed by atoms with E-state index in [2.05, 4.69) is 21.2 Å². The maximum absolute atomic E-state index is 13.1. The van der Waals surface area contributed by atoms with Crippen LogP contribution in [-0.4, -0.2) is 22.8 Å². The maximum atomic E-state index is 13.1. The van der Waals surface area contributed by atoms with Crippen LogP contribution in [0.3, 0.4) is 0 Å². The molecule has 1 aromatic heterocycles. The fourth-order valence-electron chi connectivity index (χ4n) is 3.46. The van der Waals surface area contributed by atoms with E-state index in [0.717, 1.165) is 21.2 Å². The van der Waals surface area contributed by atoms with E-state index >= 15 is 0 Å². The molecule has 0 fully saturated rings. The van der Waals surface area contributed by atoms with Crippen LogP contribution in [-0.2, 0) is 17.8 Å². The van der Waals surface area contributed by atoms with Crippen molar-refractivity contribution in [3.8, 4) is 0 Å². The number of hydrogen-bond donors (Lipinski definition) is 1. The van der Waals surface area contributed by atoms with Crippen molar-refractivity contribution in [2.24, 2.45) is 0 Å². The van der Waals surface area contributed by atoms with Gasteiger partial charge in [-0.1, -0.05) is 40.2 Å². The first-order chi connectivity index (χ1) is 13.5. The summed E-state index contributed by atoms with van der Waals surface area (Å²) in [5.74, 6) is -0.264. The first kappa shape index (κ1) is 18.5. The van der Waals surface area contributed by atoms with Crippen LogP contribution in [0.15, 0.2) is 69.8 Å². The predicted molar refractivity (Wildman–Crippen MR) is 110 cm³/mol. The van der Waals surface area contributed by atoms with Crippen molar-refractivity contribution in [3.63, 3.8) is 0 Å². The third-order valence-electron chi connectivity index (χ3n) is 4.97. The molecule has 2 heterocycles. The molecule has 142 valence electrons. The number of benzene rings is 2. The Hall–Kier alpha value is -2.86. The van der Waals surface area contributed by atoms with Crippen molar-refractivity contribution in [2.45, 2.75) is 25.9 Å². The van der Waals surface area contributed by atoms with Gasteiger partial charge in [0.05, 0.1) is 6.26 Å². The lowest BCUT2D eigenvalue weighted by Gasteiger charge is -2.35. The minimum atomic E-state index is -0.614. The first-order valence-electron chi connectivity index (χ1n) is 9.01. The van der Waals surface area contributed by atoms with E-state index in [1.807, 2.05) is 49.4 Å². The zero-order chi connectivity index (χ0) is 19.7. The fourth-order valence-corrected chi connectivity index (χ4v) is 3.71. The monoisotopic (exact) mass is 438 g/mol. The molecule has 0 radical (unpaired) electrons. The summed E-state index contributed by atoms with van der Waals surface area (Å²) in [7, 11) is 0. The highest BCUT2D eigenvalue weighted by Crippen LogP contribution is 2.27. The van der Waals surface area contributed by atoms with Crippen LogP contribution in [0, 0.1) is 6.92 Å². The molecule has 1 N–H and O–H groups in total. The Kier molecular flexibility index (Phi) is 5.05. The number of anilines is 1. The predicted octanol–water partition coefficient (Wildman–Crippen LogP) is 4.56. The van der Waals surface area contributed by atoms with Gasteiger partial charge in [-0.25, -0.2) is 0 Å². The molecule has 1 aliphatic rings. The number of carbonyl (C=O) groups is 2. The Balaban J connectivity index is 1.64. The van der Waals surface area contributed by atoms with Crippen molar-refractivity contribution in [2.75, 3.05) is 5.32 Å². The van der Waals surface area contributed by atoms with E-state index in [1.54, 1.807) is 17.0 Å². The topological polar surface area (TPSA) is 62.6 Å². The molecule has 0 bridgehead atoms. The number of rotatable bonds is 3. The summed E-state index contributed by atoms with van der Waals surface area (Å²) in [6.07, 6.45) is 1.93. The molecular weight excluding hydrogens is 420 g/mol. The van der Waals surface area contributed by atoms with E-state index in [1.165, 1.54) is 6.26 Å². The van der Waals surface area contributed by atoms with Crippen LogP contribution in [0.1, 0.15) is 27.2 Å². The van der Waals surface area contributed by atoms with E-state index in [-0.39, 0.29) is 17.6 Å². The molecule has 2 amide bonds. The van der Waals surface area contributed by atoms with Gasteiger partial charge >= 0.3 is 0 Å². The molecule has 4 rings (SSSR count). The van der Waals surface area contributed by atoms with Gasteiger partial charge in [-0.3, -0.25) is 9.59 Å². The Morgan fingerprint density at radius 2 is 1.89 bits per heavy atom. The molecule has 3 aromatic rings.